The number of methoxy groups -OCH3 is 2. The molecule has 1 N–H and O–H groups in total. The third kappa shape index (κ3) is 5.18. The van der Waals surface area contributed by atoms with Gasteiger partial charge in [-0.3, -0.25) is 9.59 Å². The second kappa shape index (κ2) is 10.0. The summed E-state index contributed by atoms with van der Waals surface area (Å²) in [5.74, 6) is 0.839. The van der Waals surface area contributed by atoms with Crippen LogP contribution in [-0.2, 0) is 16.0 Å². The topological polar surface area (TPSA) is 67.9 Å². The first-order valence-corrected chi connectivity index (χ1v) is 10.4. The van der Waals surface area contributed by atoms with Gasteiger partial charge in [-0.1, -0.05) is 29.3 Å². The number of anilines is 1. The molecular formula is C22H24Cl2N2O4. The SMILES string of the molecule is COc1ccc(CC(=O)N2CCCCC2C(=O)Nc2ccc(Cl)c(Cl)c2)cc1OC. The van der Waals surface area contributed by atoms with Crippen molar-refractivity contribution in [1.29, 1.82) is 0 Å². The average Bonchev–Trinajstić information content (AvgIpc) is 2.76. The quantitative estimate of drug-likeness (QED) is 0.699. The molecule has 0 bridgehead atoms. The smallest absolute Gasteiger partial charge is 0.247 e. The maximum Gasteiger partial charge on any atom is 0.247 e. The molecule has 8 heteroatoms. The van der Waals surface area contributed by atoms with Gasteiger partial charge in [0.25, 0.3) is 0 Å². The Morgan fingerprint density at radius 3 is 2.50 bits per heavy atom. The Morgan fingerprint density at radius 2 is 1.80 bits per heavy atom. The number of nitrogens with zero attached hydrogens (tertiary/aromatic N) is 1. The molecule has 1 fully saturated rings. The van der Waals surface area contributed by atoms with Gasteiger partial charge in [0.1, 0.15) is 6.04 Å². The van der Waals surface area contributed by atoms with Crippen molar-refractivity contribution in [2.75, 3.05) is 26.1 Å². The van der Waals surface area contributed by atoms with E-state index in [1.165, 1.54) is 0 Å². The molecule has 2 aromatic rings. The minimum absolute atomic E-state index is 0.101. The van der Waals surface area contributed by atoms with Gasteiger partial charge in [0, 0.05) is 12.2 Å². The number of likely N-dealkylation sites (tertiary alicyclic amines) is 1. The van der Waals surface area contributed by atoms with Crippen molar-refractivity contribution >= 4 is 40.7 Å². The van der Waals surface area contributed by atoms with Gasteiger partial charge in [-0.15, -0.1) is 0 Å². The molecular weight excluding hydrogens is 427 g/mol. The molecule has 1 aliphatic heterocycles. The summed E-state index contributed by atoms with van der Waals surface area (Å²) in [5, 5.41) is 3.63. The van der Waals surface area contributed by atoms with Crippen LogP contribution in [0.1, 0.15) is 24.8 Å². The van der Waals surface area contributed by atoms with Crippen molar-refractivity contribution in [3.05, 3.63) is 52.0 Å². The van der Waals surface area contributed by atoms with Crippen LogP contribution in [0, 0.1) is 0 Å². The van der Waals surface area contributed by atoms with Crippen LogP contribution >= 0.6 is 23.2 Å². The predicted molar refractivity (Wildman–Crippen MR) is 118 cm³/mol. The Labute approximate surface area is 186 Å². The van der Waals surface area contributed by atoms with E-state index in [9.17, 15) is 9.59 Å². The standard InChI is InChI=1S/C22H24Cl2N2O4/c1-29-19-9-6-14(11-20(19)30-2)12-21(27)26-10-4-3-5-18(26)22(28)25-15-7-8-16(23)17(24)13-15/h6-9,11,13,18H,3-5,10,12H2,1-2H3,(H,25,28). The maximum absolute atomic E-state index is 13.0. The summed E-state index contributed by atoms with van der Waals surface area (Å²) < 4.78 is 10.6. The Bertz CT molecular complexity index is 935. The summed E-state index contributed by atoms with van der Waals surface area (Å²) >= 11 is 12.0. The van der Waals surface area contributed by atoms with E-state index in [0.29, 0.717) is 40.2 Å². The fourth-order valence-corrected chi connectivity index (χ4v) is 3.87. The zero-order valence-electron chi connectivity index (χ0n) is 16.9. The third-order valence-electron chi connectivity index (χ3n) is 5.12. The fourth-order valence-electron chi connectivity index (χ4n) is 3.57. The predicted octanol–water partition coefficient (Wildman–Crippen LogP) is 4.57. The molecule has 0 aromatic heterocycles. The number of carbonyl (C=O) groups excluding carboxylic acids is 2. The number of piperidine rings is 1. The number of amides is 2. The van der Waals surface area contributed by atoms with E-state index in [4.69, 9.17) is 32.7 Å². The number of rotatable bonds is 6. The van der Waals surface area contributed by atoms with E-state index >= 15 is 0 Å². The van der Waals surface area contributed by atoms with E-state index in [2.05, 4.69) is 5.32 Å². The molecule has 2 aromatic carbocycles. The Hall–Kier alpha value is -2.44. The second-order valence-corrected chi connectivity index (χ2v) is 7.90. The van der Waals surface area contributed by atoms with Crippen molar-refractivity contribution < 1.29 is 19.1 Å². The molecule has 0 saturated carbocycles. The van der Waals surface area contributed by atoms with Gasteiger partial charge in [0.05, 0.1) is 30.7 Å². The van der Waals surface area contributed by atoms with Gasteiger partial charge in [0.15, 0.2) is 11.5 Å². The van der Waals surface area contributed by atoms with Crippen molar-refractivity contribution in [1.82, 2.24) is 4.90 Å². The second-order valence-electron chi connectivity index (χ2n) is 7.08. The zero-order valence-corrected chi connectivity index (χ0v) is 18.4. The summed E-state index contributed by atoms with van der Waals surface area (Å²) in [6, 6.07) is 9.76. The van der Waals surface area contributed by atoms with Crippen LogP contribution in [0.3, 0.4) is 0 Å². The molecule has 1 heterocycles. The van der Waals surface area contributed by atoms with E-state index < -0.39 is 6.04 Å². The Morgan fingerprint density at radius 1 is 1.03 bits per heavy atom. The minimum Gasteiger partial charge on any atom is -0.493 e. The number of hydrogen-bond acceptors (Lipinski definition) is 4. The van der Waals surface area contributed by atoms with Crippen LogP contribution in [0.2, 0.25) is 10.0 Å². The van der Waals surface area contributed by atoms with Crippen molar-refractivity contribution in [3.8, 4) is 11.5 Å². The number of nitrogens with one attached hydrogen (secondary N) is 1. The molecule has 1 saturated heterocycles. The first-order valence-electron chi connectivity index (χ1n) is 9.69. The van der Waals surface area contributed by atoms with Crippen LogP contribution in [-0.4, -0.2) is 43.5 Å². The number of benzene rings is 2. The van der Waals surface area contributed by atoms with E-state index in [1.807, 2.05) is 6.07 Å². The fraction of sp³-hybridized carbons (Fsp3) is 0.364. The van der Waals surface area contributed by atoms with E-state index in [1.54, 1.807) is 49.5 Å². The summed E-state index contributed by atoms with van der Waals surface area (Å²) in [6.07, 6.45) is 2.55. The Balaban J connectivity index is 1.72. The lowest BCUT2D eigenvalue weighted by Crippen LogP contribution is -2.50. The van der Waals surface area contributed by atoms with Crippen molar-refractivity contribution in [2.45, 2.75) is 31.7 Å². The lowest BCUT2D eigenvalue weighted by Gasteiger charge is -2.35. The van der Waals surface area contributed by atoms with Crippen LogP contribution < -0.4 is 14.8 Å². The molecule has 0 aliphatic carbocycles. The Kier molecular flexibility index (Phi) is 7.45. The van der Waals surface area contributed by atoms with Crippen LogP contribution in [0.4, 0.5) is 5.69 Å². The van der Waals surface area contributed by atoms with Crippen LogP contribution in [0.15, 0.2) is 36.4 Å². The summed E-state index contributed by atoms with van der Waals surface area (Å²) in [5.41, 5.74) is 1.35. The zero-order chi connectivity index (χ0) is 21.7. The first kappa shape index (κ1) is 22.2. The highest BCUT2D eigenvalue weighted by Crippen LogP contribution is 2.29. The molecule has 30 heavy (non-hydrogen) atoms. The van der Waals surface area contributed by atoms with Crippen LogP contribution in [0.25, 0.3) is 0 Å². The minimum atomic E-state index is -0.527. The molecule has 6 nitrogen and oxygen atoms in total. The molecule has 1 aliphatic rings. The molecule has 0 spiro atoms. The average molecular weight is 451 g/mol. The first-order chi connectivity index (χ1) is 14.4. The van der Waals surface area contributed by atoms with Crippen LogP contribution in [0.5, 0.6) is 11.5 Å². The maximum atomic E-state index is 13.0. The molecule has 1 atom stereocenters. The normalized spacial score (nSPS) is 16.1. The number of ether oxygens (including phenoxy) is 2. The molecule has 0 radical (unpaired) electrons. The van der Waals surface area contributed by atoms with Gasteiger partial charge >= 0.3 is 0 Å². The van der Waals surface area contributed by atoms with Gasteiger partial charge in [-0.05, 0) is 55.2 Å². The van der Waals surface area contributed by atoms with Crippen molar-refractivity contribution in [2.24, 2.45) is 0 Å². The number of hydrogen-bond donors (Lipinski definition) is 1. The highest BCUT2D eigenvalue weighted by Gasteiger charge is 2.32. The van der Waals surface area contributed by atoms with Crippen molar-refractivity contribution in [3.63, 3.8) is 0 Å². The summed E-state index contributed by atoms with van der Waals surface area (Å²) in [7, 11) is 3.12. The molecule has 1 unspecified atom stereocenters. The summed E-state index contributed by atoms with van der Waals surface area (Å²) in [6.45, 7) is 0.547. The summed E-state index contributed by atoms with van der Waals surface area (Å²) in [4.78, 5) is 27.6. The number of carbonyl (C=O) groups is 2. The monoisotopic (exact) mass is 450 g/mol. The van der Waals surface area contributed by atoms with Gasteiger partial charge < -0.3 is 19.7 Å². The van der Waals surface area contributed by atoms with E-state index in [-0.39, 0.29) is 18.2 Å². The third-order valence-corrected chi connectivity index (χ3v) is 5.86. The van der Waals surface area contributed by atoms with Gasteiger partial charge in [-0.25, -0.2) is 0 Å². The number of halogens is 2. The lowest BCUT2D eigenvalue weighted by atomic mass is 9.99. The van der Waals surface area contributed by atoms with Gasteiger partial charge in [-0.2, -0.15) is 0 Å². The van der Waals surface area contributed by atoms with Gasteiger partial charge in [0.2, 0.25) is 11.8 Å². The lowest BCUT2D eigenvalue weighted by molar-refractivity contribution is -0.139. The molecule has 2 amide bonds. The molecule has 3 rings (SSSR count). The highest BCUT2D eigenvalue weighted by atomic mass is 35.5. The van der Waals surface area contributed by atoms with E-state index in [0.717, 1.165) is 18.4 Å². The largest absolute Gasteiger partial charge is 0.493 e. The highest BCUT2D eigenvalue weighted by molar-refractivity contribution is 6.42. The molecule has 160 valence electrons.